The highest BCUT2D eigenvalue weighted by Gasteiger charge is 2.12. The number of ether oxygens (including phenoxy) is 1. The molecule has 0 fully saturated rings. The number of carbonyl (C=O) groups is 1. The van der Waals surface area contributed by atoms with Gasteiger partial charge in [0.2, 0.25) is 5.88 Å². The molecule has 1 aromatic carbocycles. The maximum atomic E-state index is 12.0. The zero-order chi connectivity index (χ0) is 16.7. The summed E-state index contributed by atoms with van der Waals surface area (Å²) in [6.45, 7) is 2.19. The van der Waals surface area contributed by atoms with Crippen LogP contribution in [0.2, 0.25) is 0 Å². The van der Waals surface area contributed by atoms with Gasteiger partial charge in [-0.3, -0.25) is 14.9 Å². The molecule has 0 aliphatic carbocycles. The van der Waals surface area contributed by atoms with Gasteiger partial charge in [0.05, 0.1) is 17.7 Å². The molecule has 0 spiro atoms. The Balaban J connectivity index is 2.02. The topological polar surface area (TPSA) is 107 Å². The molecule has 0 aliphatic rings. The third-order valence-corrected chi connectivity index (χ3v) is 2.78. The lowest BCUT2D eigenvalue weighted by atomic mass is 10.2. The number of aromatic nitrogens is 1. The molecule has 0 atom stereocenters. The number of nitro benzene ring substituents is 1. The molecular weight excluding hydrogens is 300 g/mol. The van der Waals surface area contributed by atoms with Gasteiger partial charge in [-0.25, -0.2) is 10.4 Å². The predicted octanol–water partition coefficient (Wildman–Crippen LogP) is 2.15. The summed E-state index contributed by atoms with van der Waals surface area (Å²) in [6, 6.07) is 8.98. The van der Waals surface area contributed by atoms with Crippen LogP contribution in [0.5, 0.6) is 5.88 Å². The van der Waals surface area contributed by atoms with Crippen molar-refractivity contribution in [1.29, 1.82) is 0 Å². The van der Waals surface area contributed by atoms with Gasteiger partial charge in [0, 0.05) is 18.3 Å². The van der Waals surface area contributed by atoms with E-state index in [1.807, 2.05) is 0 Å². The Morgan fingerprint density at radius 1 is 1.39 bits per heavy atom. The van der Waals surface area contributed by atoms with Gasteiger partial charge in [-0.1, -0.05) is 0 Å². The average molecular weight is 314 g/mol. The monoisotopic (exact) mass is 314 g/mol. The Morgan fingerprint density at radius 2 is 2.13 bits per heavy atom. The van der Waals surface area contributed by atoms with Crippen LogP contribution >= 0.6 is 0 Å². The first kappa shape index (κ1) is 16.1. The number of nitrogens with one attached hydrogen (secondary N) is 1. The molecule has 1 heterocycles. The summed E-state index contributed by atoms with van der Waals surface area (Å²) in [5.74, 6) is -0.224. The molecule has 0 radical (unpaired) electrons. The van der Waals surface area contributed by atoms with Gasteiger partial charge in [-0.2, -0.15) is 5.10 Å². The number of hydrogen-bond donors (Lipinski definition) is 1. The van der Waals surface area contributed by atoms with E-state index in [-0.39, 0.29) is 17.1 Å². The van der Waals surface area contributed by atoms with Crippen LogP contribution in [0, 0.1) is 10.1 Å². The lowest BCUT2D eigenvalue weighted by molar-refractivity contribution is -0.384. The van der Waals surface area contributed by atoms with Gasteiger partial charge >= 0.3 is 0 Å². The maximum Gasteiger partial charge on any atom is 0.276 e. The van der Waals surface area contributed by atoms with Gasteiger partial charge in [-0.05, 0) is 36.8 Å². The van der Waals surface area contributed by atoms with Crippen LogP contribution in [0.3, 0.4) is 0 Å². The molecule has 8 nitrogen and oxygen atoms in total. The summed E-state index contributed by atoms with van der Waals surface area (Å²) in [7, 11) is 0. The van der Waals surface area contributed by atoms with Crippen molar-refractivity contribution in [1.82, 2.24) is 10.4 Å². The van der Waals surface area contributed by atoms with E-state index < -0.39 is 10.8 Å². The number of nitro groups is 1. The van der Waals surface area contributed by atoms with Gasteiger partial charge in [0.15, 0.2) is 0 Å². The van der Waals surface area contributed by atoms with E-state index in [1.165, 1.54) is 36.7 Å². The number of benzene rings is 1. The van der Waals surface area contributed by atoms with Crippen molar-refractivity contribution >= 4 is 17.8 Å². The summed E-state index contributed by atoms with van der Waals surface area (Å²) in [5.41, 5.74) is 3.24. The highest BCUT2D eigenvalue weighted by atomic mass is 16.6. The number of pyridine rings is 1. The normalized spacial score (nSPS) is 10.5. The molecule has 2 aromatic rings. The van der Waals surface area contributed by atoms with Crippen LogP contribution in [-0.2, 0) is 0 Å². The molecule has 0 saturated carbocycles. The van der Waals surface area contributed by atoms with E-state index in [0.29, 0.717) is 12.2 Å². The molecule has 1 aromatic heterocycles. The van der Waals surface area contributed by atoms with E-state index in [9.17, 15) is 14.9 Å². The maximum absolute atomic E-state index is 12.0. The minimum absolute atomic E-state index is 0.0112. The van der Waals surface area contributed by atoms with Gasteiger partial charge < -0.3 is 4.74 Å². The molecule has 8 heteroatoms. The van der Waals surface area contributed by atoms with E-state index >= 15 is 0 Å². The molecule has 118 valence electrons. The highest BCUT2D eigenvalue weighted by molar-refractivity contribution is 5.96. The molecule has 0 bridgehead atoms. The van der Waals surface area contributed by atoms with Gasteiger partial charge in [0.1, 0.15) is 5.56 Å². The SMILES string of the molecule is CCOc1ncccc1C(=O)N/N=C\c1ccc([N+](=O)[O-])cc1. The average Bonchev–Trinajstić information content (AvgIpc) is 2.56. The summed E-state index contributed by atoms with van der Waals surface area (Å²) in [6.07, 6.45) is 2.92. The molecule has 1 N–H and O–H groups in total. The van der Waals surface area contributed by atoms with Crippen molar-refractivity contribution < 1.29 is 14.5 Å². The molecule has 0 aliphatic heterocycles. The highest BCUT2D eigenvalue weighted by Crippen LogP contribution is 2.14. The summed E-state index contributed by atoms with van der Waals surface area (Å²) < 4.78 is 5.27. The first-order valence-corrected chi connectivity index (χ1v) is 6.77. The molecule has 2 rings (SSSR count). The van der Waals surface area contributed by atoms with Crippen molar-refractivity contribution in [2.45, 2.75) is 6.92 Å². The lowest BCUT2D eigenvalue weighted by Crippen LogP contribution is -2.19. The van der Waals surface area contributed by atoms with Crippen molar-refractivity contribution in [3.63, 3.8) is 0 Å². The predicted molar refractivity (Wildman–Crippen MR) is 83.6 cm³/mol. The number of carbonyl (C=O) groups excluding carboxylic acids is 1. The smallest absolute Gasteiger partial charge is 0.276 e. The number of hydrogen-bond acceptors (Lipinski definition) is 6. The number of nitrogens with zero attached hydrogens (tertiary/aromatic N) is 3. The van der Waals surface area contributed by atoms with Crippen LogP contribution in [0.4, 0.5) is 5.69 Å². The molecule has 23 heavy (non-hydrogen) atoms. The zero-order valence-electron chi connectivity index (χ0n) is 12.3. The van der Waals surface area contributed by atoms with Crippen LogP contribution in [0.1, 0.15) is 22.8 Å². The Labute approximate surface area is 132 Å². The molecule has 0 unspecified atom stereocenters. The van der Waals surface area contributed by atoms with Gasteiger partial charge in [-0.15, -0.1) is 0 Å². The lowest BCUT2D eigenvalue weighted by Gasteiger charge is -2.06. The first-order valence-electron chi connectivity index (χ1n) is 6.77. The number of hydrazone groups is 1. The van der Waals surface area contributed by atoms with Crippen molar-refractivity contribution in [3.05, 3.63) is 63.8 Å². The zero-order valence-corrected chi connectivity index (χ0v) is 12.3. The fourth-order valence-electron chi connectivity index (χ4n) is 1.72. The third kappa shape index (κ3) is 4.34. The Bertz CT molecular complexity index is 729. The second-order valence-electron chi connectivity index (χ2n) is 4.34. The second-order valence-corrected chi connectivity index (χ2v) is 4.34. The van der Waals surface area contributed by atoms with Crippen molar-refractivity contribution in [2.24, 2.45) is 5.10 Å². The fraction of sp³-hybridized carbons (Fsp3) is 0.133. The Hall–Kier alpha value is -3.29. The first-order chi connectivity index (χ1) is 11.1. The third-order valence-electron chi connectivity index (χ3n) is 2.78. The summed E-state index contributed by atoms with van der Waals surface area (Å²) >= 11 is 0. The van der Waals surface area contributed by atoms with Crippen LogP contribution in [0.25, 0.3) is 0 Å². The number of rotatable bonds is 6. The fourth-order valence-corrected chi connectivity index (χ4v) is 1.72. The largest absolute Gasteiger partial charge is 0.477 e. The second kappa shape index (κ2) is 7.64. The quantitative estimate of drug-likeness (QED) is 0.499. The van der Waals surface area contributed by atoms with E-state index in [4.69, 9.17) is 4.74 Å². The minimum atomic E-state index is -0.486. The van der Waals surface area contributed by atoms with Crippen LogP contribution in [0.15, 0.2) is 47.7 Å². The minimum Gasteiger partial charge on any atom is -0.477 e. The Morgan fingerprint density at radius 3 is 2.78 bits per heavy atom. The molecule has 0 saturated heterocycles. The van der Waals surface area contributed by atoms with Crippen LogP contribution in [-0.4, -0.2) is 28.6 Å². The molecule has 1 amide bonds. The van der Waals surface area contributed by atoms with E-state index in [1.54, 1.807) is 19.1 Å². The van der Waals surface area contributed by atoms with Gasteiger partial charge in [0.25, 0.3) is 11.6 Å². The number of amides is 1. The van der Waals surface area contributed by atoms with Crippen molar-refractivity contribution in [3.8, 4) is 5.88 Å². The summed E-state index contributed by atoms with van der Waals surface area (Å²) in [5, 5.41) is 14.4. The molecular formula is C15H14N4O4. The van der Waals surface area contributed by atoms with Crippen LogP contribution < -0.4 is 10.2 Å². The summed E-state index contributed by atoms with van der Waals surface area (Å²) in [4.78, 5) is 26.1. The standard InChI is InChI=1S/C15H14N4O4/c1-2-23-15-13(4-3-9-16-15)14(20)18-17-10-11-5-7-12(8-6-11)19(21)22/h3-10H,2H2,1H3,(H,18,20)/b17-10-. The number of non-ortho nitro benzene ring substituents is 1. The Kier molecular flexibility index (Phi) is 5.35. The van der Waals surface area contributed by atoms with E-state index in [2.05, 4.69) is 15.5 Å². The van der Waals surface area contributed by atoms with Crippen molar-refractivity contribution in [2.75, 3.05) is 6.61 Å². The van der Waals surface area contributed by atoms with E-state index in [0.717, 1.165) is 0 Å².